The molecule has 0 bridgehead atoms. The fraction of sp³-hybridized carbons (Fsp3) is 0.588. The molecule has 1 amide bonds. The zero-order chi connectivity index (χ0) is 15.3. The van der Waals surface area contributed by atoms with E-state index in [2.05, 4.69) is 6.07 Å². The summed E-state index contributed by atoms with van der Waals surface area (Å²) >= 11 is 0. The lowest BCUT2D eigenvalue weighted by atomic mass is 9.83. The van der Waals surface area contributed by atoms with E-state index in [-0.39, 0.29) is 30.0 Å². The van der Waals surface area contributed by atoms with Gasteiger partial charge in [-0.15, -0.1) is 0 Å². The van der Waals surface area contributed by atoms with Crippen molar-refractivity contribution in [2.45, 2.75) is 50.6 Å². The molecule has 22 heavy (non-hydrogen) atoms. The first-order chi connectivity index (χ1) is 10.6. The molecule has 5 nitrogen and oxygen atoms in total. The van der Waals surface area contributed by atoms with E-state index >= 15 is 0 Å². The molecule has 3 heterocycles. The summed E-state index contributed by atoms with van der Waals surface area (Å²) in [5, 5.41) is 0. The highest BCUT2D eigenvalue weighted by Crippen LogP contribution is 2.56. The highest BCUT2D eigenvalue weighted by Gasteiger charge is 2.61. The number of rotatable bonds is 1. The zero-order valence-corrected chi connectivity index (χ0v) is 13.0. The molecule has 2 fully saturated rings. The molecule has 1 aromatic carbocycles. The van der Waals surface area contributed by atoms with E-state index in [0.29, 0.717) is 13.1 Å². The minimum atomic E-state index is -0.284. The molecule has 5 heteroatoms. The number of carbonyl (C=O) groups excluding carboxylic acids is 1. The normalized spacial score (nSPS) is 27.9. The van der Waals surface area contributed by atoms with E-state index in [1.54, 1.807) is 4.90 Å². The van der Waals surface area contributed by atoms with Crippen molar-refractivity contribution >= 4 is 6.09 Å². The number of ether oxygens (including phenoxy) is 3. The van der Waals surface area contributed by atoms with Crippen LogP contribution in [0.4, 0.5) is 4.79 Å². The summed E-state index contributed by atoms with van der Waals surface area (Å²) in [6.07, 6.45) is 1.56. The van der Waals surface area contributed by atoms with Gasteiger partial charge < -0.3 is 19.1 Å². The van der Waals surface area contributed by atoms with Gasteiger partial charge in [0, 0.05) is 31.5 Å². The summed E-state index contributed by atoms with van der Waals surface area (Å²) in [7, 11) is 0. The van der Waals surface area contributed by atoms with E-state index in [9.17, 15) is 4.79 Å². The Morgan fingerprint density at radius 3 is 2.77 bits per heavy atom. The quantitative estimate of drug-likeness (QED) is 0.749. The molecular weight excluding hydrogens is 282 g/mol. The van der Waals surface area contributed by atoms with Crippen molar-refractivity contribution in [3.63, 3.8) is 0 Å². The summed E-state index contributed by atoms with van der Waals surface area (Å²) in [6, 6.07) is 8.09. The Morgan fingerprint density at radius 2 is 2.05 bits per heavy atom. The number of benzene rings is 1. The van der Waals surface area contributed by atoms with Gasteiger partial charge in [-0.2, -0.15) is 0 Å². The fourth-order valence-electron chi connectivity index (χ4n) is 3.56. The molecule has 1 spiro atoms. The maximum Gasteiger partial charge on any atom is 0.410 e. The van der Waals surface area contributed by atoms with Crippen LogP contribution in [0.15, 0.2) is 24.3 Å². The van der Waals surface area contributed by atoms with Gasteiger partial charge in [0.2, 0.25) is 0 Å². The van der Waals surface area contributed by atoms with Gasteiger partial charge in [-0.3, -0.25) is 0 Å². The minimum Gasteiger partial charge on any atom is -0.484 e. The van der Waals surface area contributed by atoms with Crippen molar-refractivity contribution in [2.75, 3.05) is 13.1 Å². The van der Waals surface area contributed by atoms with E-state index < -0.39 is 0 Å². The van der Waals surface area contributed by atoms with Crippen LogP contribution in [0.1, 0.15) is 38.4 Å². The molecule has 3 aliphatic rings. The SMILES string of the molecule is CC(C)OC(=O)N1CCC2(CC1)Oc1ccccc1C1OC12. The first-order valence-corrected chi connectivity index (χ1v) is 7.98. The summed E-state index contributed by atoms with van der Waals surface area (Å²) < 4.78 is 17.5. The first kappa shape index (κ1) is 13.9. The highest BCUT2D eigenvalue weighted by molar-refractivity contribution is 5.68. The number of fused-ring (bicyclic) bond motifs is 4. The van der Waals surface area contributed by atoms with E-state index in [1.165, 1.54) is 0 Å². The molecule has 2 unspecified atom stereocenters. The number of nitrogens with zero attached hydrogens (tertiary/aromatic N) is 1. The molecule has 3 aliphatic heterocycles. The first-order valence-electron chi connectivity index (χ1n) is 7.98. The van der Waals surface area contributed by atoms with Crippen LogP contribution in [0.5, 0.6) is 5.75 Å². The number of hydrogen-bond donors (Lipinski definition) is 0. The Bertz CT molecular complexity index is 592. The third-order valence-electron chi connectivity index (χ3n) is 4.75. The molecule has 4 rings (SSSR count). The Morgan fingerprint density at radius 1 is 1.32 bits per heavy atom. The van der Waals surface area contributed by atoms with Crippen LogP contribution in [0, 0.1) is 0 Å². The van der Waals surface area contributed by atoms with Crippen molar-refractivity contribution in [1.29, 1.82) is 0 Å². The molecule has 2 saturated heterocycles. The smallest absolute Gasteiger partial charge is 0.410 e. The number of likely N-dealkylation sites (tertiary alicyclic amines) is 1. The predicted molar refractivity (Wildman–Crippen MR) is 79.8 cm³/mol. The van der Waals surface area contributed by atoms with Crippen LogP contribution in [0.2, 0.25) is 0 Å². The third-order valence-corrected chi connectivity index (χ3v) is 4.75. The second-order valence-corrected chi connectivity index (χ2v) is 6.60. The second-order valence-electron chi connectivity index (χ2n) is 6.60. The Hall–Kier alpha value is -1.75. The van der Waals surface area contributed by atoms with E-state index in [0.717, 1.165) is 24.2 Å². The standard InChI is InChI=1S/C17H21NO4/c1-11(2)20-16(19)18-9-7-17(8-10-18)15-14(21-15)12-5-3-4-6-13(12)22-17/h3-6,11,14-15H,7-10H2,1-2H3. The summed E-state index contributed by atoms with van der Waals surface area (Å²) in [6.45, 7) is 5.04. The van der Waals surface area contributed by atoms with Gasteiger partial charge >= 0.3 is 6.09 Å². The van der Waals surface area contributed by atoms with Crippen molar-refractivity contribution < 1.29 is 19.0 Å². The Balaban J connectivity index is 1.47. The lowest BCUT2D eigenvalue weighted by Crippen LogP contribution is -2.54. The molecule has 0 N–H and O–H groups in total. The third kappa shape index (κ3) is 2.15. The van der Waals surface area contributed by atoms with Crippen LogP contribution in [0.3, 0.4) is 0 Å². The lowest BCUT2D eigenvalue weighted by Gasteiger charge is -2.42. The average Bonchev–Trinajstić information content (AvgIpc) is 3.29. The van der Waals surface area contributed by atoms with Crippen LogP contribution < -0.4 is 4.74 Å². The number of piperidine rings is 1. The molecule has 118 valence electrons. The predicted octanol–water partition coefficient (Wildman–Crippen LogP) is 2.90. The van der Waals surface area contributed by atoms with Crippen LogP contribution in [-0.2, 0) is 9.47 Å². The van der Waals surface area contributed by atoms with Crippen molar-refractivity contribution in [2.24, 2.45) is 0 Å². The fourth-order valence-corrected chi connectivity index (χ4v) is 3.56. The number of para-hydroxylation sites is 1. The summed E-state index contributed by atoms with van der Waals surface area (Å²) in [4.78, 5) is 13.8. The van der Waals surface area contributed by atoms with Crippen LogP contribution in [0.25, 0.3) is 0 Å². The van der Waals surface area contributed by atoms with Gasteiger partial charge in [0.05, 0.1) is 6.10 Å². The van der Waals surface area contributed by atoms with Gasteiger partial charge in [0.1, 0.15) is 23.6 Å². The number of epoxide rings is 1. The molecule has 1 aromatic rings. The maximum absolute atomic E-state index is 12.0. The molecule has 0 aliphatic carbocycles. The van der Waals surface area contributed by atoms with Gasteiger partial charge in [0.15, 0.2) is 0 Å². The van der Waals surface area contributed by atoms with Crippen molar-refractivity contribution in [3.05, 3.63) is 29.8 Å². The molecule has 0 aromatic heterocycles. The van der Waals surface area contributed by atoms with E-state index in [1.807, 2.05) is 32.0 Å². The number of hydrogen-bond acceptors (Lipinski definition) is 4. The number of amides is 1. The van der Waals surface area contributed by atoms with Crippen LogP contribution in [-0.4, -0.2) is 41.9 Å². The molecule has 0 saturated carbocycles. The average molecular weight is 303 g/mol. The van der Waals surface area contributed by atoms with E-state index in [4.69, 9.17) is 14.2 Å². The topological polar surface area (TPSA) is 51.3 Å². The Kier molecular flexibility index (Phi) is 3.08. The molecule has 2 atom stereocenters. The lowest BCUT2D eigenvalue weighted by molar-refractivity contribution is -0.0241. The second kappa shape index (κ2) is 4.88. The number of carbonyl (C=O) groups is 1. The largest absolute Gasteiger partial charge is 0.484 e. The highest BCUT2D eigenvalue weighted by atomic mass is 16.6. The summed E-state index contributed by atoms with van der Waals surface area (Å²) in [5.74, 6) is 0.930. The van der Waals surface area contributed by atoms with Gasteiger partial charge in [-0.1, -0.05) is 18.2 Å². The monoisotopic (exact) mass is 303 g/mol. The Labute approximate surface area is 130 Å². The zero-order valence-electron chi connectivity index (χ0n) is 13.0. The van der Waals surface area contributed by atoms with Crippen molar-refractivity contribution in [3.8, 4) is 5.75 Å². The van der Waals surface area contributed by atoms with Crippen molar-refractivity contribution in [1.82, 2.24) is 4.90 Å². The van der Waals surface area contributed by atoms with Gasteiger partial charge in [-0.05, 0) is 19.9 Å². The van der Waals surface area contributed by atoms with Gasteiger partial charge in [-0.25, -0.2) is 4.79 Å². The summed E-state index contributed by atoms with van der Waals surface area (Å²) in [5.41, 5.74) is 0.868. The maximum atomic E-state index is 12.0. The van der Waals surface area contributed by atoms with Gasteiger partial charge in [0.25, 0.3) is 0 Å². The molecular formula is C17H21NO4. The van der Waals surface area contributed by atoms with Crippen LogP contribution >= 0.6 is 0 Å². The minimum absolute atomic E-state index is 0.0858. The molecule has 0 radical (unpaired) electrons.